The fourth-order valence-electron chi connectivity index (χ4n) is 1.75. The molecule has 0 aliphatic heterocycles. The van der Waals surface area contributed by atoms with Crippen molar-refractivity contribution >= 4 is 16.9 Å². The van der Waals surface area contributed by atoms with Crippen LogP contribution in [0.4, 0.5) is 5.69 Å². The molecule has 5 heteroatoms. The lowest BCUT2D eigenvalue weighted by molar-refractivity contribution is 1.01. The van der Waals surface area contributed by atoms with Crippen LogP contribution in [-0.4, -0.2) is 19.9 Å². The van der Waals surface area contributed by atoms with Gasteiger partial charge in [-0.25, -0.2) is 15.0 Å². The van der Waals surface area contributed by atoms with Gasteiger partial charge in [-0.3, -0.25) is 0 Å². The Morgan fingerprint density at radius 1 is 1.22 bits per heavy atom. The first-order valence-electron chi connectivity index (χ1n) is 5.76. The van der Waals surface area contributed by atoms with E-state index in [1.807, 2.05) is 0 Å². The minimum Gasteiger partial charge on any atom is -0.378 e. The Balaban J connectivity index is 1.74. The largest absolute Gasteiger partial charge is 0.378 e. The fourth-order valence-corrected chi connectivity index (χ4v) is 1.75. The van der Waals surface area contributed by atoms with Gasteiger partial charge in [0.25, 0.3) is 0 Å². The molecule has 2 N–H and O–H groups in total. The van der Waals surface area contributed by atoms with E-state index in [2.05, 4.69) is 56.4 Å². The van der Waals surface area contributed by atoms with Crippen LogP contribution in [0.1, 0.15) is 11.4 Å². The third kappa shape index (κ3) is 2.15. The number of aryl methyl sites for hydroxylation is 1. The minimum absolute atomic E-state index is 0.638. The maximum atomic E-state index is 4.38. The summed E-state index contributed by atoms with van der Waals surface area (Å²) in [4.78, 5) is 15.6. The normalized spacial score (nSPS) is 10.7. The van der Waals surface area contributed by atoms with Crippen molar-refractivity contribution in [3.05, 3.63) is 48.2 Å². The van der Waals surface area contributed by atoms with Gasteiger partial charge in [0.15, 0.2) is 5.65 Å². The number of fused-ring (bicyclic) bond motifs is 1. The highest BCUT2D eigenvalue weighted by molar-refractivity contribution is 5.68. The molecule has 0 aliphatic carbocycles. The zero-order valence-electron chi connectivity index (χ0n) is 10.0. The number of aromatic amines is 1. The van der Waals surface area contributed by atoms with Crippen molar-refractivity contribution in [3.63, 3.8) is 0 Å². The van der Waals surface area contributed by atoms with Gasteiger partial charge in [0.05, 0.1) is 12.7 Å². The van der Waals surface area contributed by atoms with Crippen LogP contribution in [-0.2, 0) is 6.54 Å². The number of hydrogen-bond acceptors (Lipinski definition) is 4. The topological polar surface area (TPSA) is 66.5 Å². The van der Waals surface area contributed by atoms with Crippen LogP contribution in [0.5, 0.6) is 0 Å². The Kier molecular flexibility index (Phi) is 2.64. The van der Waals surface area contributed by atoms with Crippen LogP contribution >= 0.6 is 0 Å². The molecule has 2 aromatic heterocycles. The SMILES string of the molecule is Cc1ccc(NCc2nc3ncncc3[nH]2)cc1. The smallest absolute Gasteiger partial charge is 0.180 e. The predicted molar refractivity (Wildman–Crippen MR) is 70.2 cm³/mol. The van der Waals surface area contributed by atoms with Gasteiger partial charge < -0.3 is 10.3 Å². The molecule has 3 aromatic rings. The molecule has 5 nitrogen and oxygen atoms in total. The molecule has 2 heterocycles. The summed E-state index contributed by atoms with van der Waals surface area (Å²) in [6.45, 7) is 2.71. The Hall–Kier alpha value is -2.43. The van der Waals surface area contributed by atoms with Gasteiger partial charge >= 0.3 is 0 Å². The predicted octanol–water partition coefficient (Wildman–Crippen LogP) is 2.27. The van der Waals surface area contributed by atoms with Gasteiger partial charge in [0, 0.05) is 5.69 Å². The Bertz CT molecular complexity index is 623. The summed E-state index contributed by atoms with van der Waals surface area (Å²) in [5, 5.41) is 3.31. The molecule has 0 unspecified atom stereocenters. The zero-order chi connectivity index (χ0) is 12.4. The molecule has 0 spiro atoms. The Morgan fingerprint density at radius 3 is 2.83 bits per heavy atom. The number of nitrogens with one attached hydrogen (secondary N) is 2. The zero-order valence-corrected chi connectivity index (χ0v) is 10.0. The van der Waals surface area contributed by atoms with E-state index >= 15 is 0 Å². The summed E-state index contributed by atoms with van der Waals surface area (Å²) in [6.07, 6.45) is 3.23. The van der Waals surface area contributed by atoms with Crippen LogP contribution in [0.2, 0.25) is 0 Å². The summed E-state index contributed by atoms with van der Waals surface area (Å²) in [6, 6.07) is 8.26. The van der Waals surface area contributed by atoms with Gasteiger partial charge in [-0.05, 0) is 19.1 Å². The summed E-state index contributed by atoms with van der Waals surface area (Å²) >= 11 is 0. The van der Waals surface area contributed by atoms with Crippen molar-refractivity contribution in [3.8, 4) is 0 Å². The molecular formula is C13H13N5. The summed E-state index contributed by atoms with van der Waals surface area (Å²) in [5.41, 5.74) is 3.88. The van der Waals surface area contributed by atoms with Crippen molar-refractivity contribution in [1.29, 1.82) is 0 Å². The monoisotopic (exact) mass is 239 g/mol. The average molecular weight is 239 g/mol. The summed E-state index contributed by atoms with van der Waals surface area (Å²) < 4.78 is 0. The molecule has 0 radical (unpaired) electrons. The van der Waals surface area contributed by atoms with E-state index in [1.165, 1.54) is 11.9 Å². The maximum Gasteiger partial charge on any atom is 0.180 e. The van der Waals surface area contributed by atoms with E-state index in [9.17, 15) is 0 Å². The van der Waals surface area contributed by atoms with Crippen molar-refractivity contribution in [2.45, 2.75) is 13.5 Å². The van der Waals surface area contributed by atoms with Crippen molar-refractivity contribution in [2.75, 3.05) is 5.32 Å². The van der Waals surface area contributed by atoms with E-state index in [0.29, 0.717) is 12.2 Å². The van der Waals surface area contributed by atoms with Crippen LogP contribution in [0.3, 0.4) is 0 Å². The number of rotatable bonds is 3. The Labute approximate surface area is 104 Å². The number of imidazole rings is 1. The molecule has 1 aromatic carbocycles. The second-order valence-corrected chi connectivity index (χ2v) is 4.16. The Morgan fingerprint density at radius 2 is 2.06 bits per heavy atom. The van der Waals surface area contributed by atoms with Crippen LogP contribution in [0.25, 0.3) is 11.2 Å². The lowest BCUT2D eigenvalue weighted by atomic mass is 10.2. The highest BCUT2D eigenvalue weighted by Crippen LogP contribution is 2.11. The van der Waals surface area contributed by atoms with Crippen LogP contribution < -0.4 is 5.32 Å². The summed E-state index contributed by atoms with van der Waals surface area (Å²) in [7, 11) is 0. The molecule has 0 amide bonds. The molecule has 3 rings (SSSR count). The van der Waals surface area contributed by atoms with E-state index in [0.717, 1.165) is 17.0 Å². The molecular weight excluding hydrogens is 226 g/mol. The molecule has 0 atom stereocenters. The van der Waals surface area contributed by atoms with Gasteiger partial charge in [0.1, 0.15) is 17.7 Å². The molecule has 18 heavy (non-hydrogen) atoms. The first-order valence-corrected chi connectivity index (χ1v) is 5.76. The number of H-pyrrole nitrogens is 1. The second kappa shape index (κ2) is 4.44. The first kappa shape index (κ1) is 10.7. The van der Waals surface area contributed by atoms with Gasteiger partial charge in [-0.15, -0.1) is 0 Å². The average Bonchev–Trinajstić information content (AvgIpc) is 2.81. The molecule has 90 valence electrons. The van der Waals surface area contributed by atoms with E-state index in [4.69, 9.17) is 0 Å². The number of nitrogens with zero attached hydrogens (tertiary/aromatic N) is 3. The van der Waals surface area contributed by atoms with Gasteiger partial charge in [-0.1, -0.05) is 17.7 Å². The van der Waals surface area contributed by atoms with E-state index in [1.54, 1.807) is 6.20 Å². The van der Waals surface area contributed by atoms with E-state index < -0.39 is 0 Å². The third-order valence-corrected chi connectivity index (χ3v) is 2.72. The lowest BCUT2D eigenvalue weighted by Crippen LogP contribution is -2.00. The number of benzene rings is 1. The quantitative estimate of drug-likeness (QED) is 0.735. The van der Waals surface area contributed by atoms with Gasteiger partial charge in [0.2, 0.25) is 0 Å². The minimum atomic E-state index is 0.638. The second-order valence-electron chi connectivity index (χ2n) is 4.16. The van der Waals surface area contributed by atoms with Crippen molar-refractivity contribution < 1.29 is 0 Å². The molecule has 0 saturated heterocycles. The van der Waals surface area contributed by atoms with Crippen molar-refractivity contribution in [1.82, 2.24) is 19.9 Å². The summed E-state index contributed by atoms with van der Waals surface area (Å²) in [5.74, 6) is 0.853. The third-order valence-electron chi connectivity index (χ3n) is 2.72. The maximum absolute atomic E-state index is 4.38. The highest BCUT2D eigenvalue weighted by atomic mass is 15.0. The van der Waals surface area contributed by atoms with Gasteiger partial charge in [-0.2, -0.15) is 0 Å². The highest BCUT2D eigenvalue weighted by Gasteiger charge is 2.02. The van der Waals surface area contributed by atoms with E-state index in [-0.39, 0.29) is 0 Å². The van der Waals surface area contributed by atoms with Crippen LogP contribution in [0, 0.1) is 6.92 Å². The standard InChI is InChI=1S/C13H13N5/c1-9-2-4-10(5-3-9)15-7-12-17-11-6-14-8-16-13(11)18-12/h2-6,8,15H,7H2,1H3,(H,14,16,17,18). The molecule has 0 fully saturated rings. The molecule has 0 aliphatic rings. The first-order chi connectivity index (χ1) is 8.81. The number of aromatic nitrogens is 4. The molecule has 0 saturated carbocycles. The molecule has 0 bridgehead atoms. The number of anilines is 1. The lowest BCUT2D eigenvalue weighted by Gasteiger charge is -2.04. The van der Waals surface area contributed by atoms with Crippen LogP contribution in [0.15, 0.2) is 36.8 Å². The van der Waals surface area contributed by atoms with Crippen molar-refractivity contribution in [2.24, 2.45) is 0 Å². The fraction of sp³-hybridized carbons (Fsp3) is 0.154. The number of hydrogen-bond donors (Lipinski definition) is 2.